The Bertz CT molecular complexity index is 564. The molecule has 0 unspecified atom stereocenters. The van der Waals surface area contributed by atoms with Gasteiger partial charge in [0.25, 0.3) is 0 Å². The minimum Gasteiger partial charge on any atom is -0.207 e. The van der Waals surface area contributed by atoms with Gasteiger partial charge in [0, 0.05) is 13.1 Å². The average Bonchev–Trinajstić information content (AvgIpc) is 3.00. The monoisotopic (exact) mass is 279 g/mol. The van der Waals surface area contributed by atoms with E-state index in [0.717, 1.165) is 17.9 Å². The van der Waals surface area contributed by atoms with Gasteiger partial charge in [-0.05, 0) is 50.2 Å². The highest BCUT2D eigenvalue weighted by Crippen LogP contribution is 2.47. The smallest absolute Gasteiger partial charge is 0.207 e. The Labute approximate surface area is 115 Å². The van der Waals surface area contributed by atoms with Crippen molar-refractivity contribution in [3.63, 3.8) is 0 Å². The SMILES string of the molecule is Cc1ccc(S(=O)(=O)N(C)[C@H]2C[C@@H]3CC[C@H]2C3)cc1. The van der Waals surface area contributed by atoms with Gasteiger partial charge in [0.05, 0.1) is 4.90 Å². The number of rotatable bonds is 3. The molecule has 0 amide bonds. The molecule has 2 saturated carbocycles. The number of benzene rings is 1. The molecule has 1 aromatic rings. The van der Waals surface area contributed by atoms with Crippen LogP contribution < -0.4 is 0 Å². The van der Waals surface area contributed by atoms with E-state index in [-0.39, 0.29) is 6.04 Å². The maximum atomic E-state index is 12.6. The van der Waals surface area contributed by atoms with Crippen molar-refractivity contribution in [2.75, 3.05) is 7.05 Å². The molecule has 0 aromatic heterocycles. The second-order valence-corrected chi connectivity index (χ2v) is 8.07. The van der Waals surface area contributed by atoms with Crippen molar-refractivity contribution in [2.24, 2.45) is 11.8 Å². The predicted molar refractivity (Wildman–Crippen MR) is 75.4 cm³/mol. The first-order chi connectivity index (χ1) is 8.98. The molecule has 3 nitrogen and oxygen atoms in total. The normalized spacial score (nSPS) is 30.2. The number of fused-ring (bicyclic) bond motifs is 2. The summed E-state index contributed by atoms with van der Waals surface area (Å²) >= 11 is 0. The molecule has 2 fully saturated rings. The summed E-state index contributed by atoms with van der Waals surface area (Å²) in [5.41, 5.74) is 1.08. The molecule has 1 aromatic carbocycles. The largest absolute Gasteiger partial charge is 0.243 e. The maximum absolute atomic E-state index is 12.6. The molecule has 0 radical (unpaired) electrons. The van der Waals surface area contributed by atoms with Crippen LogP contribution in [0.5, 0.6) is 0 Å². The lowest BCUT2D eigenvalue weighted by molar-refractivity contribution is 0.266. The van der Waals surface area contributed by atoms with Crippen molar-refractivity contribution in [1.82, 2.24) is 4.31 Å². The summed E-state index contributed by atoms with van der Waals surface area (Å²) < 4.78 is 26.9. The average molecular weight is 279 g/mol. The minimum absolute atomic E-state index is 0.213. The third-order valence-corrected chi connectivity index (χ3v) is 6.76. The van der Waals surface area contributed by atoms with E-state index >= 15 is 0 Å². The lowest BCUT2D eigenvalue weighted by atomic mass is 9.96. The van der Waals surface area contributed by atoms with Crippen molar-refractivity contribution in [3.05, 3.63) is 29.8 Å². The second-order valence-electron chi connectivity index (χ2n) is 6.08. The molecular weight excluding hydrogens is 258 g/mol. The molecule has 3 atom stereocenters. The predicted octanol–water partition coefficient (Wildman–Crippen LogP) is 2.80. The lowest BCUT2D eigenvalue weighted by Crippen LogP contribution is -2.40. The van der Waals surface area contributed by atoms with Crippen molar-refractivity contribution in [2.45, 2.75) is 43.5 Å². The topological polar surface area (TPSA) is 37.4 Å². The van der Waals surface area contributed by atoms with Crippen LogP contribution in [0.3, 0.4) is 0 Å². The third kappa shape index (κ3) is 2.21. The molecule has 0 aliphatic heterocycles. The highest BCUT2D eigenvalue weighted by Gasteiger charge is 2.44. The van der Waals surface area contributed by atoms with Gasteiger partial charge in [0.15, 0.2) is 0 Å². The van der Waals surface area contributed by atoms with Crippen LogP contribution >= 0.6 is 0 Å². The molecule has 2 aliphatic carbocycles. The van der Waals surface area contributed by atoms with Crippen molar-refractivity contribution >= 4 is 10.0 Å². The lowest BCUT2D eigenvalue weighted by Gasteiger charge is -2.30. The molecule has 0 saturated heterocycles. The fraction of sp³-hybridized carbons (Fsp3) is 0.600. The molecule has 0 N–H and O–H groups in total. The standard InChI is InChI=1S/C15H21NO2S/c1-11-3-7-14(8-4-11)19(17,18)16(2)15-10-12-5-6-13(15)9-12/h3-4,7-8,12-13,15H,5-6,9-10H2,1-2H3/t12-,13+,15+/m1/s1. The van der Waals surface area contributed by atoms with Crippen molar-refractivity contribution in [3.8, 4) is 0 Å². The van der Waals surface area contributed by atoms with E-state index in [1.807, 2.05) is 19.1 Å². The molecule has 4 heteroatoms. The van der Waals surface area contributed by atoms with Crippen LogP contribution in [0.4, 0.5) is 0 Å². The van der Waals surface area contributed by atoms with Crippen LogP contribution in [0.25, 0.3) is 0 Å². The number of hydrogen-bond donors (Lipinski definition) is 0. The zero-order valence-corrected chi connectivity index (χ0v) is 12.4. The molecule has 3 rings (SSSR count). The highest BCUT2D eigenvalue weighted by molar-refractivity contribution is 7.89. The van der Waals surface area contributed by atoms with Crippen LogP contribution in [0.1, 0.15) is 31.2 Å². The zero-order valence-electron chi connectivity index (χ0n) is 11.5. The summed E-state index contributed by atoms with van der Waals surface area (Å²) in [5.74, 6) is 1.33. The van der Waals surface area contributed by atoms with Crippen molar-refractivity contribution < 1.29 is 8.42 Å². The number of nitrogens with zero attached hydrogens (tertiary/aromatic N) is 1. The first-order valence-electron chi connectivity index (χ1n) is 7.03. The first kappa shape index (κ1) is 13.1. The molecule has 104 valence electrons. The summed E-state index contributed by atoms with van der Waals surface area (Å²) in [7, 11) is -1.58. The van der Waals surface area contributed by atoms with Gasteiger partial charge in [0.2, 0.25) is 10.0 Å². The van der Waals surface area contributed by atoms with Gasteiger partial charge in [0.1, 0.15) is 0 Å². The fourth-order valence-electron chi connectivity index (χ4n) is 3.71. The van der Waals surface area contributed by atoms with Crippen LogP contribution in [0.15, 0.2) is 29.2 Å². The van der Waals surface area contributed by atoms with Gasteiger partial charge in [-0.1, -0.05) is 24.1 Å². The van der Waals surface area contributed by atoms with E-state index in [9.17, 15) is 8.42 Å². The van der Waals surface area contributed by atoms with E-state index in [0.29, 0.717) is 10.8 Å². The van der Waals surface area contributed by atoms with Crippen LogP contribution in [-0.4, -0.2) is 25.8 Å². The van der Waals surface area contributed by atoms with E-state index in [1.54, 1.807) is 23.5 Å². The minimum atomic E-state index is -3.33. The number of hydrogen-bond acceptors (Lipinski definition) is 2. The summed E-state index contributed by atoms with van der Waals surface area (Å²) in [6, 6.07) is 7.37. The molecule has 0 spiro atoms. The van der Waals surface area contributed by atoms with E-state index < -0.39 is 10.0 Å². The Balaban J connectivity index is 1.86. The van der Waals surface area contributed by atoms with Crippen LogP contribution in [-0.2, 0) is 10.0 Å². The summed E-state index contributed by atoms with van der Waals surface area (Å²) in [4.78, 5) is 0.420. The molecule has 0 heterocycles. The molecule has 19 heavy (non-hydrogen) atoms. The summed E-state index contributed by atoms with van der Waals surface area (Å²) in [6.45, 7) is 1.97. The second kappa shape index (κ2) is 4.60. The zero-order chi connectivity index (χ0) is 13.6. The third-order valence-electron chi connectivity index (χ3n) is 4.87. The van der Waals surface area contributed by atoms with Crippen LogP contribution in [0, 0.1) is 18.8 Å². The van der Waals surface area contributed by atoms with E-state index in [4.69, 9.17) is 0 Å². The van der Waals surface area contributed by atoms with Crippen LogP contribution in [0.2, 0.25) is 0 Å². The van der Waals surface area contributed by atoms with E-state index in [2.05, 4.69) is 0 Å². The fourth-order valence-corrected chi connectivity index (χ4v) is 5.14. The van der Waals surface area contributed by atoms with Gasteiger partial charge in [-0.25, -0.2) is 8.42 Å². The quantitative estimate of drug-likeness (QED) is 0.853. The summed E-state index contributed by atoms with van der Waals surface area (Å²) in [5, 5.41) is 0. The van der Waals surface area contributed by atoms with E-state index in [1.165, 1.54) is 19.3 Å². The number of sulfonamides is 1. The van der Waals surface area contributed by atoms with Gasteiger partial charge < -0.3 is 0 Å². The first-order valence-corrected chi connectivity index (χ1v) is 8.47. The Kier molecular flexibility index (Phi) is 3.18. The Hall–Kier alpha value is -0.870. The highest BCUT2D eigenvalue weighted by atomic mass is 32.2. The molecule has 2 bridgehead atoms. The Morgan fingerprint density at radius 1 is 1.11 bits per heavy atom. The molecule has 2 aliphatic rings. The maximum Gasteiger partial charge on any atom is 0.243 e. The van der Waals surface area contributed by atoms with Gasteiger partial charge in [-0.2, -0.15) is 4.31 Å². The summed E-state index contributed by atoms with van der Waals surface area (Å²) in [6.07, 6.45) is 4.76. The number of aryl methyl sites for hydroxylation is 1. The van der Waals surface area contributed by atoms with Gasteiger partial charge in [-0.15, -0.1) is 0 Å². The van der Waals surface area contributed by atoms with Crippen molar-refractivity contribution in [1.29, 1.82) is 0 Å². The van der Waals surface area contributed by atoms with Gasteiger partial charge >= 0.3 is 0 Å². The Morgan fingerprint density at radius 3 is 2.32 bits per heavy atom. The Morgan fingerprint density at radius 2 is 1.79 bits per heavy atom. The molecular formula is C15H21NO2S. The van der Waals surface area contributed by atoms with Gasteiger partial charge in [-0.3, -0.25) is 0 Å².